The monoisotopic (exact) mass is 415 g/mol. The Bertz CT molecular complexity index is 955. The Balaban J connectivity index is 1.96. The number of nitro groups is 1. The molecule has 0 heterocycles. The molecule has 30 heavy (non-hydrogen) atoms. The number of benzene rings is 2. The van der Waals surface area contributed by atoms with Crippen molar-refractivity contribution in [1.82, 2.24) is 4.90 Å². The van der Waals surface area contributed by atoms with Crippen LogP contribution in [0.4, 0.5) is 11.4 Å². The fourth-order valence-electron chi connectivity index (χ4n) is 2.43. The number of nitrogens with one attached hydrogen (secondary N) is 1. The first-order chi connectivity index (χ1) is 14.2. The van der Waals surface area contributed by atoms with Gasteiger partial charge in [0.1, 0.15) is 0 Å². The summed E-state index contributed by atoms with van der Waals surface area (Å²) in [5.41, 5.74) is 0.428. The van der Waals surface area contributed by atoms with E-state index in [0.717, 1.165) is 6.07 Å². The van der Waals surface area contributed by atoms with Gasteiger partial charge in [0.05, 0.1) is 17.1 Å². The first-order valence-corrected chi connectivity index (χ1v) is 8.92. The number of nitrogens with zero attached hydrogens (tertiary/aromatic N) is 2. The molecular formula is C20H21N3O7. The van der Waals surface area contributed by atoms with Gasteiger partial charge in [0, 0.05) is 31.4 Å². The summed E-state index contributed by atoms with van der Waals surface area (Å²) in [6.45, 7) is 1.32. The number of carbonyl (C=O) groups is 3. The van der Waals surface area contributed by atoms with E-state index in [1.807, 2.05) is 0 Å². The maximum absolute atomic E-state index is 12.1. The Morgan fingerprint density at radius 1 is 1.07 bits per heavy atom. The van der Waals surface area contributed by atoms with Crippen LogP contribution >= 0.6 is 0 Å². The smallest absolute Gasteiger partial charge is 0.338 e. The summed E-state index contributed by atoms with van der Waals surface area (Å²) in [4.78, 5) is 47.9. The van der Waals surface area contributed by atoms with Gasteiger partial charge in [-0.15, -0.1) is 0 Å². The first-order valence-electron chi connectivity index (χ1n) is 8.92. The molecule has 0 aliphatic carbocycles. The number of amides is 2. The van der Waals surface area contributed by atoms with Gasteiger partial charge in [-0.1, -0.05) is 0 Å². The second-order valence-corrected chi connectivity index (χ2v) is 6.27. The van der Waals surface area contributed by atoms with Crippen molar-refractivity contribution in [2.75, 3.05) is 32.6 Å². The van der Waals surface area contributed by atoms with E-state index in [0.29, 0.717) is 11.3 Å². The van der Waals surface area contributed by atoms with Crippen molar-refractivity contribution in [3.8, 4) is 5.75 Å². The van der Waals surface area contributed by atoms with Gasteiger partial charge in [-0.25, -0.2) is 4.79 Å². The van der Waals surface area contributed by atoms with Crippen molar-refractivity contribution in [2.24, 2.45) is 0 Å². The summed E-state index contributed by atoms with van der Waals surface area (Å²) in [7, 11) is 3.26. The van der Waals surface area contributed by atoms with Crippen LogP contribution in [0.3, 0.4) is 0 Å². The van der Waals surface area contributed by atoms with Crippen molar-refractivity contribution in [1.29, 1.82) is 0 Å². The molecular weight excluding hydrogens is 394 g/mol. The Kier molecular flexibility index (Phi) is 7.45. The number of anilines is 1. The summed E-state index contributed by atoms with van der Waals surface area (Å²) in [6.07, 6.45) is 0. The van der Waals surface area contributed by atoms with Crippen LogP contribution < -0.4 is 10.1 Å². The minimum atomic E-state index is -0.886. The third kappa shape index (κ3) is 5.77. The first kappa shape index (κ1) is 22.3. The summed E-state index contributed by atoms with van der Waals surface area (Å²) in [5.74, 6) is -1.63. The molecule has 0 saturated carbocycles. The van der Waals surface area contributed by atoms with Crippen molar-refractivity contribution < 1.29 is 28.8 Å². The van der Waals surface area contributed by atoms with Crippen LogP contribution in [-0.4, -0.2) is 54.9 Å². The molecule has 2 rings (SSSR count). The molecule has 0 radical (unpaired) electrons. The molecule has 10 heteroatoms. The normalized spacial score (nSPS) is 10.1. The SMILES string of the molecule is CCOc1ccc(C(=O)OCC(=O)Nc2ccc(C(=O)N(C)C)cc2)cc1[N+](=O)[O-]. The second kappa shape index (κ2) is 10.0. The Hall–Kier alpha value is -3.95. The fraction of sp³-hybridized carbons (Fsp3) is 0.250. The quantitative estimate of drug-likeness (QED) is 0.398. The number of carbonyl (C=O) groups excluding carboxylic acids is 3. The number of esters is 1. The van der Waals surface area contributed by atoms with Crippen LogP contribution in [0.1, 0.15) is 27.6 Å². The fourth-order valence-corrected chi connectivity index (χ4v) is 2.43. The molecule has 2 aromatic carbocycles. The van der Waals surface area contributed by atoms with Crippen molar-refractivity contribution in [3.63, 3.8) is 0 Å². The molecule has 0 aliphatic heterocycles. The molecule has 1 N–H and O–H groups in total. The number of nitro benzene ring substituents is 1. The van der Waals surface area contributed by atoms with Gasteiger partial charge in [0.15, 0.2) is 12.4 Å². The predicted octanol–water partition coefficient (Wildman–Crippen LogP) is 2.49. The highest BCUT2D eigenvalue weighted by Gasteiger charge is 2.20. The van der Waals surface area contributed by atoms with Crippen molar-refractivity contribution in [3.05, 3.63) is 63.7 Å². The predicted molar refractivity (Wildman–Crippen MR) is 108 cm³/mol. The Labute approximate surface area is 172 Å². The summed E-state index contributed by atoms with van der Waals surface area (Å²) < 4.78 is 10.1. The van der Waals surface area contributed by atoms with E-state index in [-0.39, 0.29) is 29.5 Å². The molecule has 0 aromatic heterocycles. The van der Waals surface area contributed by atoms with Gasteiger partial charge in [-0.2, -0.15) is 0 Å². The van der Waals surface area contributed by atoms with Gasteiger partial charge in [-0.3, -0.25) is 19.7 Å². The number of hydrogen-bond acceptors (Lipinski definition) is 7. The molecule has 0 unspecified atom stereocenters. The lowest BCUT2D eigenvalue weighted by molar-refractivity contribution is -0.385. The van der Waals surface area contributed by atoms with Crippen LogP contribution in [0.2, 0.25) is 0 Å². The molecule has 10 nitrogen and oxygen atoms in total. The highest BCUT2D eigenvalue weighted by Crippen LogP contribution is 2.28. The van der Waals surface area contributed by atoms with E-state index < -0.39 is 23.4 Å². The van der Waals surface area contributed by atoms with Gasteiger partial charge in [-0.05, 0) is 43.3 Å². The minimum Gasteiger partial charge on any atom is -0.487 e. The number of ether oxygens (including phenoxy) is 2. The maximum Gasteiger partial charge on any atom is 0.338 e. The van der Waals surface area contributed by atoms with Crippen LogP contribution in [0.25, 0.3) is 0 Å². The molecule has 2 amide bonds. The van der Waals surface area contributed by atoms with Crippen molar-refractivity contribution >= 4 is 29.2 Å². The molecule has 2 aromatic rings. The van der Waals surface area contributed by atoms with E-state index in [2.05, 4.69) is 5.32 Å². The molecule has 0 atom stereocenters. The van der Waals surface area contributed by atoms with E-state index in [4.69, 9.17) is 9.47 Å². The standard InChI is InChI=1S/C20H21N3O7/c1-4-29-17-10-7-14(11-16(17)23(27)28)20(26)30-12-18(24)21-15-8-5-13(6-9-15)19(25)22(2)3/h5-11H,4,12H2,1-3H3,(H,21,24). The van der Waals surface area contributed by atoms with Gasteiger partial charge in [0.25, 0.3) is 11.8 Å². The summed E-state index contributed by atoms with van der Waals surface area (Å²) in [6, 6.07) is 9.86. The number of rotatable bonds is 8. The second-order valence-electron chi connectivity index (χ2n) is 6.27. The zero-order chi connectivity index (χ0) is 22.3. The van der Waals surface area contributed by atoms with E-state index in [9.17, 15) is 24.5 Å². The number of hydrogen-bond donors (Lipinski definition) is 1. The molecule has 158 valence electrons. The summed E-state index contributed by atoms with van der Waals surface area (Å²) in [5, 5.41) is 13.7. The average Bonchev–Trinajstić information content (AvgIpc) is 2.72. The molecule has 0 aliphatic rings. The van der Waals surface area contributed by atoms with Crippen LogP contribution in [-0.2, 0) is 9.53 Å². The van der Waals surface area contributed by atoms with Gasteiger partial charge in [0.2, 0.25) is 0 Å². The third-order valence-electron chi connectivity index (χ3n) is 3.85. The van der Waals surface area contributed by atoms with E-state index >= 15 is 0 Å². The Morgan fingerprint density at radius 2 is 1.70 bits per heavy atom. The molecule has 0 fully saturated rings. The van der Waals surface area contributed by atoms with Crippen LogP contribution in [0.15, 0.2) is 42.5 Å². The molecule has 0 spiro atoms. The zero-order valence-electron chi connectivity index (χ0n) is 16.7. The highest BCUT2D eigenvalue weighted by molar-refractivity contribution is 5.97. The topological polar surface area (TPSA) is 128 Å². The highest BCUT2D eigenvalue weighted by atomic mass is 16.6. The zero-order valence-corrected chi connectivity index (χ0v) is 16.7. The third-order valence-corrected chi connectivity index (χ3v) is 3.85. The largest absolute Gasteiger partial charge is 0.487 e. The lowest BCUT2D eigenvalue weighted by Crippen LogP contribution is -2.22. The minimum absolute atomic E-state index is 0.0352. The summed E-state index contributed by atoms with van der Waals surface area (Å²) >= 11 is 0. The van der Waals surface area contributed by atoms with Crippen LogP contribution in [0, 0.1) is 10.1 Å². The lowest BCUT2D eigenvalue weighted by atomic mass is 10.2. The van der Waals surface area contributed by atoms with Gasteiger partial charge < -0.3 is 19.7 Å². The molecule has 0 saturated heterocycles. The average molecular weight is 415 g/mol. The van der Waals surface area contributed by atoms with E-state index in [1.165, 1.54) is 17.0 Å². The maximum atomic E-state index is 12.1. The molecule has 0 bridgehead atoms. The van der Waals surface area contributed by atoms with Crippen molar-refractivity contribution in [2.45, 2.75) is 6.92 Å². The van der Waals surface area contributed by atoms with Crippen LogP contribution in [0.5, 0.6) is 5.75 Å². The Morgan fingerprint density at radius 3 is 2.27 bits per heavy atom. The van der Waals surface area contributed by atoms with E-state index in [1.54, 1.807) is 45.3 Å². The van der Waals surface area contributed by atoms with Gasteiger partial charge >= 0.3 is 11.7 Å². The lowest BCUT2D eigenvalue weighted by Gasteiger charge is -2.11.